The average Bonchev–Trinajstić information content (AvgIpc) is 2.37. The summed E-state index contributed by atoms with van der Waals surface area (Å²) >= 11 is 0. The van der Waals surface area contributed by atoms with Gasteiger partial charge in [0.1, 0.15) is 6.21 Å². The van der Waals surface area contributed by atoms with Crippen molar-refractivity contribution in [3.8, 4) is 0 Å². The Morgan fingerprint density at radius 2 is 1.83 bits per heavy atom. The number of amides is 1. The van der Waals surface area contributed by atoms with Crippen molar-refractivity contribution >= 4 is 12.1 Å². The summed E-state index contributed by atoms with van der Waals surface area (Å²) in [5, 5.41) is 12.4. The van der Waals surface area contributed by atoms with Crippen LogP contribution in [-0.4, -0.2) is 49.4 Å². The first-order chi connectivity index (χ1) is 8.53. The van der Waals surface area contributed by atoms with Crippen LogP contribution >= 0.6 is 0 Å². The Morgan fingerprint density at radius 3 is 2.06 bits per heavy atom. The van der Waals surface area contributed by atoms with Crippen molar-refractivity contribution in [2.75, 3.05) is 27.2 Å². The van der Waals surface area contributed by atoms with Crippen molar-refractivity contribution in [2.45, 2.75) is 47.0 Å². The Labute approximate surface area is 112 Å². The van der Waals surface area contributed by atoms with E-state index in [1.54, 1.807) is 0 Å². The molecule has 5 nitrogen and oxygen atoms in total. The maximum atomic E-state index is 9.99. The zero-order chi connectivity index (χ0) is 14.8. The fourth-order valence-corrected chi connectivity index (χ4v) is 0.703. The average molecular weight is 261 g/mol. The van der Waals surface area contributed by atoms with Crippen molar-refractivity contribution in [3.63, 3.8) is 0 Å². The number of nitrogens with one attached hydrogen (secondary N) is 1. The minimum Gasteiger partial charge on any atom is -0.411 e. The normalized spacial score (nSPS) is 9.28. The van der Waals surface area contributed by atoms with Crippen LogP contribution in [0.4, 0.5) is 0 Å². The number of carbonyl (C=O) groups is 1. The number of unbranched alkanes of at least 4 members (excludes halogenated alkanes) is 1. The molecule has 0 aromatic carbocycles. The summed E-state index contributed by atoms with van der Waals surface area (Å²) in [6.45, 7) is 11.1. The van der Waals surface area contributed by atoms with Crippen LogP contribution in [0.5, 0.6) is 0 Å². The van der Waals surface area contributed by atoms with Crippen LogP contribution in [0.1, 0.15) is 47.0 Å². The lowest BCUT2D eigenvalue weighted by Gasteiger charge is -2.11. The third kappa shape index (κ3) is 29.4. The molecule has 0 bridgehead atoms. The van der Waals surface area contributed by atoms with Crippen LogP contribution in [0, 0.1) is 0 Å². The molecule has 18 heavy (non-hydrogen) atoms. The Morgan fingerprint density at radius 1 is 1.33 bits per heavy atom. The number of hydrogen-bond acceptors (Lipinski definition) is 4. The quantitative estimate of drug-likeness (QED) is 0.453. The summed E-state index contributed by atoms with van der Waals surface area (Å²) in [5.41, 5.74) is 0. The topological polar surface area (TPSA) is 64.9 Å². The first-order valence-electron chi connectivity index (χ1n) is 6.61. The predicted octanol–water partition coefficient (Wildman–Crippen LogP) is 2.35. The van der Waals surface area contributed by atoms with Crippen molar-refractivity contribution < 1.29 is 10.0 Å². The third-order valence-electron chi connectivity index (χ3n) is 1.85. The van der Waals surface area contributed by atoms with Gasteiger partial charge in [0.15, 0.2) is 0 Å². The van der Waals surface area contributed by atoms with Gasteiger partial charge in [0.05, 0.1) is 0 Å². The van der Waals surface area contributed by atoms with Crippen molar-refractivity contribution in [1.82, 2.24) is 10.2 Å². The van der Waals surface area contributed by atoms with Gasteiger partial charge in [-0.25, -0.2) is 0 Å². The first-order valence-corrected chi connectivity index (χ1v) is 6.61. The molecule has 0 saturated carbocycles. The van der Waals surface area contributed by atoms with Crippen LogP contribution < -0.4 is 5.32 Å². The summed E-state index contributed by atoms with van der Waals surface area (Å²) in [4.78, 5) is 12.3. The second-order valence-electron chi connectivity index (χ2n) is 3.82. The van der Waals surface area contributed by atoms with Gasteiger partial charge in [0.25, 0.3) is 5.91 Å². The third-order valence-corrected chi connectivity index (χ3v) is 1.85. The Balaban J connectivity index is -0.000000207. The largest absolute Gasteiger partial charge is 0.411 e. The van der Waals surface area contributed by atoms with E-state index in [0.29, 0.717) is 0 Å². The van der Waals surface area contributed by atoms with Crippen molar-refractivity contribution in [3.05, 3.63) is 0 Å². The monoisotopic (exact) mass is 261 g/mol. The molecule has 110 valence electrons. The molecule has 0 aromatic rings. The molecule has 1 amide bonds. The second kappa shape index (κ2) is 21.2. The van der Waals surface area contributed by atoms with Gasteiger partial charge in [-0.15, -0.1) is 0 Å². The molecule has 0 fully saturated rings. The van der Waals surface area contributed by atoms with Gasteiger partial charge >= 0.3 is 0 Å². The van der Waals surface area contributed by atoms with E-state index in [1.165, 1.54) is 39.4 Å². The van der Waals surface area contributed by atoms with Gasteiger partial charge in [-0.1, -0.05) is 45.7 Å². The van der Waals surface area contributed by atoms with E-state index in [-0.39, 0.29) is 0 Å². The molecule has 0 spiro atoms. The zero-order valence-corrected chi connectivity index (χ0v) is 12.9. The maximum absolute atomic E-state index is 9.99. The highest BCUT2D eigenvalue weighted by molar-refractivity contribution is 6.25. The predicted molar refractivity (Wildman–Crippen MR) is 78.4 cm³/mol. The SMILES string of the molecule is CCC.CCCCN(C)CC.CNC(=O)/C=N/O. The van der Waals surface area contributed by atoms with Crippen LogP contribution in [0.2, 0.25) is 0 Å². The summed E-state index contributed by atoms with van der Waals surface area (Å²) in [6.07, 6.45) is 4.68. The van der Waals surface area contributed by atoms with Gasteiger partial charge in [0.2, 0.25) is 0 Å². The van der Waals surface area contributed by atoms with Gasteiger partial charge in [-0.3, -0.25) is 4.79 Å². The van der Waals surface area contributed by atoms with Crippen LogP contribution in [-0.2, 0) is 4.79 Å². The molecule has 0 aliphatic heterocycles. The minimum atomic E-state index is -0.414. The van der Waals surface area contributed by atoms with Gasteiger partial charge in [-0.05, 0) is 26.6 Å². The van der Waals surface area contributed by atoms with Crippen LogP contribution in [0.3, 0.4) is 0 Å². The molecular formula is C13H31N3O2. The lowest BCUT2D eigenvalue weighted by molar-refractivity contribution is -0.114. The summed E-state index contributed by atoms with van der Waals surface area (Å²) < 4.78 is 0. The van der Waals surface area contributed by atoms with Crippen molar-refractivity contribution in [1.29, 1.82) is 0 Å². The molecule has 0 rings (SSSR count). The first kappa shape index (κ1) is 22.1. The lowest BCUT2D eigenvalue weighted by atomic mass is 10.3. The molecule has 2 N–H and O–H groups in total. The highest BCUT2D eigenvalue weighted by Gasteiger charge is 1.89. The molecule has 5 heteroatoms. The van der Waals surface area contributed by atoms with E-state index >= 15 is 0 Å². The molecule has 0 radical (unpaired) electrons. The molecule has 0 aliphatic rings. The van der Waals surface area contributed by atoms with E-state index in [9.17, 15) is 4.79 Å². The van der Waals surface area contributed by atoms with E-state index < -0.39 is 5.91 Å². The fraction of sp³-hybridized carbons (Fsp3) is 0.846. The molecule has 0 aliphatic carbocycles. The van der Waals surface area contributed by atoms with Crippen molar-refractivity contribution in [2.24, 2.45) is 5.16 Å². The highest BCUT2D eigenvalue weighted by atomic mass is 16.4. The number of carbonyl (C=O) groups excluding carboxylic acids is 1. The number of nitrogens with zero attached hydrogens (tertiary/aromatic N) is 2. The summed E-state index contributed by atoms with van der Waals surface area (Å²) in [7, 11) is 3.61. The highest BCUT2D eigenvalue weighted by Crippen LogP contribution is 1.89. The van der Waals surface area contributed by atoms with Gasteiger partial charge in [0, 0.05) is 7.05 Å². The van der Waals surface area contributed by atoms with Gasteiger partial charge in [-0.2, -0.15) is 0 Å². The van der Waals surface area contributed by atoms with Gasteiger partial charge < -0.3 is 15.4 Å². The molecular weight excluding hydrogens is 230 g/mol. The van der Waals surface area contributed by atoms with Crippen LogP contribution in [0.25, 0.3) is 0 Å². The fourth-order valence-electron chi connectivity index (χ4n) is 0.703. The lowest BCUT2D eigenvalue weighted by Crippen LogP contribution is -2.18. The van der Waals surface area contributed by atoms with E-state index in [2.05, 4.69) is 50.1 Å². The Kier molecular flexibility index (Phi) is 26.1. The standard InChI is InChI=1S/C7H17N.C3H6N2O2.C3H8/c1-4-6-7-8(3)5-2;1-4-3(6)2-5-7;1-3-2/h4-7H2,1-3H3;2,7H,1H3,(H,4,6);3H2,1-2H3/b;5-2+;. The maximum Gasteiger partial charge on any atom is 0.265 e. The number of hydrogen-bond donors (Lipinski definition) is 2. The smallest absolute Gasteiger partial charge is 0.265 e. The summed E-state index contributed by atoms with van der Waals surface area (Å²) in [6, 6.07) is 0. The minimum absolute atomic E-state index is 0.414. The van der Waals surface area contributed by atoms with Crippen LogP contribution in [0.15, 0.2) is 5.16 Å². The number of oxime groups is 1. The van der Waals surface area contributed by atoms with E-state index in [1.807, 2.05) is 0 Å². The summed E-state index contributed by atoms with van der Waals surface area (Å²) in [5.74, 6) is -0.414. The second-order valence-corrected chi connectivity index (χ2v) is 3.82. The molecule has 0 heterocycles. The molecule has 0 unspecified atom stereocenters. The van der Waals surface area contributed by atoms with E-state index in [4.69, 9.17) is 5.21 Å². The molecule has 0 saturated heterocycles. The zero-order valence-electron chi connectivity index (χ0n) is 12.9. The Bertz CT molecular complexity index is 185. The Hall–Kier alpha value is -1.10. The number of rotatable bonds is 5. The molecule has 0 atom stereocenters. The molecule has 0 aromatic heterocycles. The van der Waals surface area contributed by atoms with E-state index in [0.717, 1.165) is 6.21 Å².